The molecule has 0 saturated heterocycles. The lowest BCUT2D eigenvalue weighted by molar-refractivity contribution is -0.144. The van der Waals surface area contributed by atoms with E-state index in [1.54, 1.807) is 12.3 Å². The molecule has 10 nitrogen and oxygen atoms in total. The zero-order valence-corrected chi connectivity index (χ0v) is 22.5. The van der Waals surface area contributed by atoms with Gasteiger partial charge in [0.05, 0.1) is 49.3 Å². The van der Waals surface area contributed by atoms with Crippen LogP contribution in [-0.4, -0.2) is 60.2 Å². The first-order valence-corrected chi connectivity index (χ1v) is 13.8. The van der Waals surface area contributed by atoms with Crippen LogP contribution >= 0.6 is 0 Å². The van der Waals surface area contributed by atoms with E-state index in [1.807, 2.05) is 0 Å². The number of nitrogens with zero attached hydrogens (tertiary/aromatic N) is 6. The van der Waals surface area contributed by atoms with Gasteiger partial charge in [0.2, 0.25) is 11.8 Å². The average molecular weight is 601 g/mol. The number of halogens is 6. The minimum absolute atomic E-state index is 0.0558. The first-order valence-electron chi connectivity index (χ1n) is 13.8. The van der Waals surface area contributed by atoms with E-state index in [2.05, 4.69) is 30.9 Å². The number of rotatable bonds is 11. The van der Waals surface area contributed by atoms with Crippen molar-refractivity contribution in [3.05, 3.63) is 41.6 Å². The van der Waals surface area contributed by atoms with Crippen LogP contribution < -0.4 is 10.6 Å². The van der Waals surface area contributed by atoms with E-state index in [0.717, 1.165) is 17.6 Å². The fraction of sp³-hybridized carbons (Fsp3) is 0.615. The second-order valence-corrected chi connectivity index (χ2v) is 10.9. The summed E-state index contributed by atoms with van der Waals surface area (Å²) in [6, 6.07) is 0.359. The van der Waals surface area contributed by atoms with Crippen LogP contribution in [0.15, 0.2) is 24.7 Å². The minimum atomic E-state index is -4.44. The number of fused-ring (bicyclic) bond motifs is 1. The second-order valence-electron chi connectivity index (χ2n) is 10.9. The molecular weight excluding hydrogens is 570 g/mol. The Labute approximate surface area is 236 Å². The van der Waals surface area contributed by atoms with Crippen LogP contribution in [0.5, 0.6) is 0 Å². The van der Waals surface area contributed by atoms with Gasteiger partial charge >= 0.3 is 6.18 Å². The average Bonchev–Trinajstić information content (AvgIpc) is 3.50. The fourth-order valence-corrected chi connectivity index (χ4v) is 5.26. The van der Waals surface area contributed by atoms with E-state index in [4.69, 9.17) is 0 Å². The SMILES string of the molecule is O=C(CCC(F)(F)F)N[C@@H](c1cnn2cc([C@@H](NC(=O)c3cnn(CCF)n3)C3CCC(F)(F)CC3)nc2c1)C1CC1. The summed E-state index contributed by atoms with van der Waals surface area (Å²) in [5.74, 6) is -4.44. The highest BCUT2D eigenvalue weighted by Crippen LogP contribution is 2.43. The zero-order chi connectivity index (χ0) is 30.1. The smallest absolute Gasteiger partial charge is 0.349 e. The van der Waals surface area contributed by atoms with Crippen LogP contribution in [0.4, 0.5) is 26.3 Å². The van der Waals surface area contributed by atoms with Crippen molar-refractivity contribution in [2.75, 3.05) is 6.67 Å². The third-order valence-electron chi connectivity index (χ3n) is 7.66. The molecule has 3 aromatic heterocycles. The summed E-state index contributed by atoms with van der Waals surface area (Å²) >= 11 is 0. The van der Waals surface area contributed by atoms with Gasteiger partial charge in [-0.2, -0.15) is 28.2 Å². The predicted octanol–water partition coefficient (Wildman–Crippen LogP) is 4.50. The molecule has 2 amide bonds. The van der Waals surface area contributed by atoms with Crippen LogP contribution in [0.1, 0.15) is 85.2 Å². The van der Waals surface area contributed by atoms with E-state index < -0.39 is 55.5 Å². The maximum Gasteiger partial charge on any atom is 0.389 e. The van der Waals surface area contributed by atoms with Gasteiger partial charge < -0.3 is 10.6 Å². The summed E-state index contributed by atoms with van der Waals surface area (Å²) in [5, 5.41) is 17.7. The predicted molar refractivity (Wildman–Crippen MR) is 135 cm³/mol. The summed E-state index contributed by atoms with van der Waals surface area (Å²) in [7, 11) is 0. The van der Waals surface area contributed by atoms with Gasteiger partial charge in [-0.1, -0.05) is 0 Å². The molecule has 228 valence electrons. The summed E-state index contributed by atoms with van der Waals surface area (Å²) < 4.78 is 79.7. The first kappa shape index (κ1) is 29.8. The molecule has 2 atom stereocenters. The summed E-state index contributed by atoms with van der Waals surface area (Å²) in [6.45, 7) is -0.844. The number of carbonyl (C=O) groups excluding carboxylic acids is 2. The first-order chi connectivity index (χ1) is 19.9. The van der Waals surface area contributed by atoms with Crippen LogP contribution in [-0.2, 0) is 11.3 Å². The molecule has 0 spiro atoms. The van der Waals surface area contributed by atoms with Gasteiger partial charge in [0.25, 0.3) is 5.91 Å². The number of nitrogens with one attached hydrogen (secondary N) is 2. The molecular formula is C26H30F6N8O2. The third-order valence-corrected chi connectivity index (χ3v) is 7.66. The maximum atomic E-state index is 13.9. The third kappa shape index (κ3) is 7.37. The Kier molecular flexibility index (Phi) is 8.42. The van der Waals surface area contributed by atoms with Crippen molar-refractivity contribution in [3.63, 3.8) is 0 Å². The van der Waals surface area contributed by atoms with Crippen LogP contribution in [0, 0.1) is 11.8 Å². The molecule has 0 radical (unpaired) electrons. The Bertz CT molecular complexity index is 1410. The Balaban J connectivity index is 1.38. The highest BCUT2D eigenvalue weighted by atomic mass is 19.4. The lowest BCUT2D eigenvalue weighted by Gasteiger charge is -2.33. The molecule has 5 rings (SSSR count). The largest absolute Gasteiger partial charge is 0.389 e. The summed E-state index contributed by atoms with van der Waals surface area (Å²) in [5.41, 5.74) is 1.24. The molecule has 2 fully saturated rings. The summed E-state index contributed by atoms with van der Waals surface area (Å²) in [6.07, 6.45) is -0.902. The Morgan fingerprint density at radius 2 is 1.74 bits per heavy atom. The number of amides is 2. The highest BCUT2D eigenvalue weighted by molar-refractivity contribution is 5.92. The topological polar surface area (TPSA) is 119 Å². The Morgan fingerprint density at radius 1 is 1.02 bits per heavy atom. The van der Waals surface area contributed by atoms with Gasteiger partial charge in [0.1, 0.15) is 6.67 Å². The molecule has 0 bridgehead atoms. The number of hydrogen-bond donors (Lipinski definition) is 2. The molecule has 2 saturated carbocycles. The number of imidazole rings is 1. The molecule has 2 N–H and O–H groups in total. The number of carbonyl (C=O) groups is 2. The molecule has 0 unspecified atom stereocenters. The maximum absolute atomic E-state index is 13.9. The van der Waals surface area contributed by atoms with Crippen LogP contribution in [0.3, 0.4) is 0 Å². The molecule has 0 aromatic carbocycles. The normalized spacial score (nSPS) is 19.0. The van der Waals surface area contributed by atoms with Gasteiger partial charge in [-0.3, -0.25) is 9.59 Å². The number of aromatic nitrogens is 6. The van der Waals surface area contributed by atoms with Crippen molar-refractivity contribution in [1.29, 1.82) is 0 Å². The monoisotopic (exact) mass is 600 g/mol. The van der Waals surface area contributed by atoms with E-state index >= 15 is 0 Å². The van der Waals surface area contributed by atoms with E-state index in [1.165, 1.54) is 16.9 Å². The highest BCUT2D eigenvalue weighted by Gasteiger charge is 2.40. The van der Waals surface area contributed by atoms with Gasteiger partial charge in [-0.05, 0) is 49.1 Å². The van der Waals surface area contributed by atoms with Crippen LogP contribution in [0.2, 0.25) is 0 Å². The molecule has 2 aliphatic rings. The van der Waals surface area contributed by atoms with E-state index in [-0.39, 0.29) is 49.8 Å². The van der Waals surface area contributed by atoms with Gasteiger partial charge in [0.15, 0.2) is 11.3 Å². The molecule has 2 aliphatic carbocycles. The number of alkyl halides is 6. The van der Waals surface area contributed by atoms with Crippen molar-refractivity contribution in [3.8, 4) is 0 Å². The Hall–Kier alpha value is -3.72. The second kappa shape index (κ2) is 11.9. The molecule has 3 heterocycles. The van der Waals surface area contributed by atoms with E-state index in [9.17, 15) is 35.9 Å². The zero-order valence-electron chi connectivity index (χ0n) is 22.5. The molecule has 16 heteroatoms. The van der Waals surface area contributed by atoms with E-state index in [0.29, 0.717) is 16.9 Å². The fourth-order valence-electron chi connectivity index (χ4n) is 5.26. The van der Waals surface area contributed by atoms with Crippen LogP contribution in [0.25, 0.3) is 5.65 Å². The molecule has 0 aliphatic heterocycles. The van der Waals surface area contributed by atoms with Crippen molar-refractivity contribution in [1.82, 2.24) is 40.2 Å². The number of aryl methyl sites for hydroxylation is 1. The molecule has 3 aromatic rings. The van der Waals surface area contributed by atoms with Crippen molar-refractivity contribution >= 4 is 17.5 Å². The Morgan fingerprint density at radius 3 is 2.40 bits per heavy atom. The number of hydrogen-bond acceptors (Lipinski definition) is 6. The molecule has 42 heavy (non-hydrogen) atoms. The quantitative estimate of drug-likeness (QED) is 0.313. The lowest BCUT2D eigenvalue weighted by atomic mass is 9.81. The van der Waals surface area contributed by atoms with Crippen molar-refractivity contribution in [2.24, 2.45) is 11.8 Å². The minimum Gasteiger partial charge on any atom is -0.349 e. The standard InChI is InChI=1S/C26H30F6N8O2/c27-9-10-40-34-13-18(38-40)24(42)37-23(16-3-6-25(28,29)7-4-16)19-14-39-20(35-19)11-17(12-33-39)22(15-1-2-15)36-21(41)5-8-26(30,31)32/h11-16,22-23H,1-10H2,(H,36,41)(H,37,42)/t22-,23+/m1/s1. The van der Waals surface area contributed by atoms with Gasteiger partial charge in [-0.25, -0.2) is 22.7 Å². The summed E-state index contributed by atoms with van der Waals surface area (Å²) in [4.78, 5) is 31.0. The van der Waals surface area contributed by atoms with Gasteiger partial charge in [-0.15, -0.1) is 5.10 Å². The van der Waals surface area contributed by atoms with Gasteiger partial charge in [0, 0.05) is 19.3 Å². The van der Waals surface area contributed by atoms with Crippen molar-refractivity contribution in [2.45, 2.75) is 82.1 Å². The lowest BCUT2D eigenvalue weighted by Crippen LogP contribution is -2.37. The van der Waals surface area contributed by atoms with Crippen molar-refractivity contribution < 1.29 is 35.9 Å².